The Morgan fingerprint density at radius 3 is 2.39 bits per heavy atom. The Labute approximate surface area is 163 Å². The third-order valence-corrected chi connectivity index (χ3v) is 3.95. The van der Waals surface area contributed by atoms with Crippen molar-refractivity contribution in [1.29, 1.82) is 5.41 Å². The van der Waals surface area contributed by atoms with Crippen LogP contribution in [0.4, 0.5) is 4.79 Å². The van der Waals surface area contributed by atoms with Crippen molar-refractivity contribution in [2.45, 2.75) is 25.3 Å². The number of carboxylic acid groups (broad SMARTS) is 1. The molecule has 0 saturated carbocycles. The summed E-state index contributed by atoms with van der Waals surface area (Å²) >= 11 is 0. The molecule has 0 saturated heterocycles. The van der Waals surface area contributed by atoms with Gasteiger partial charge in [-0.3, -0.25) is 15.5 Å². The molecule has 1 unspecified atom stereocenters. The number of nitrogens with two attached hydrogens (primary N) is 1. The van der Waals surface area contributed by atoms with Gasteiger partial charge in [0.15, 0.2) is 0 Å². The highest BCUT2D eigenvalue weighted by atomic mass is 16.4. The zero-order valence-corrected chi connectivity index (χ0v) is 15.2. The number of rotatable bonds is 7. The number of hydrogen-bond donors (Lipinski definition) is 5. The molecule has 2 aromatic rings. The number of carbonyl (C=O) groups is 2. The lowest BCUT2D eigenvalue weighted by Crippen LogP contribution is -2.36. The molecular weight excluding hydrogens is 356 g/mol. The lowest BCUT2D eigenvalue weighted by molar-refractivity contribution is -0.137. The molecule has 0 bridgehead atoms. The molecule has 0 spiro atoms. The van der Waals surface area contributed by atoms with E-state index in [1.165, 1.54) is 0 Å². The van der Waals surface area contributed by atoms with Gasteiger partial charge in [0, 0.05) is 18.0 Å². The van der Waals surface area contributed by atoms with Gasteiger partial charge in [0.05, 0.1) is 12.5 Å². The van der Waals surface area contributed by atoms with Crippen molar-refractivity contribution in [3.63, 3.8) is 0 Å². The fourth-order valence-electron chi connectivity index (χ4n) is 2.53. The van der Waals surface area contributed by atoms with Gasteiger partial charge < -0.3 is 16.2 Å². The van der Waals surface area contributed by atoms with Crippen LogP contribution >= 0.6 is 0 Å². The molecule has 7 heteroatoms. The Morgan fingerprint density at radius 2 is 1.79 bits per heavy atom. The van der Waals surface area contributed by atoms with Crippen LogP contribution in [0, 0.1) is 17.4 Å². The Morgan fingerprint density at radius 1 is 1.11 bits per heavy atom. The summed E-state index contributed by atoms with van der Waals surface area (Å²) in [6, 6.07) is 17.6. The summed E-state index contributed by atoms with van der Waals surface area (Å²) in [5.41, 5.74) is 7.84. The first kappa shape index (κ1) is 20.5. The van der Waals surface area contributed by atoms with E-state index in [1.807, 2.05) is 18.2 Å². The van der Waals surface area contributed by atoms with Crippen molar-refractivity contribution in [3.05, 3.63) is 71.3 Å². The van der Waals surface area contributed by atoms with Crippen LogP contribution < -0.4 is 16.4 Å². The summed E-state index contributed by atoms with van der Waals surface area (Å²) in [5, 5.41) is 21.4. The summed E-state index contributed by atoms with van der Waals surface area (Å²) in [6.07, 6.45) is 1.01. The second-order valence-corrected chi connectivity index (χ2v) is 6.07. The number of aliphatic carboxylic acids is 1. The quantitative estimate of drug-likeness (QED) is 0.219. The molecule has 144 valence electrons. The Hall–Kier alpha value is -3.79. The minimum atomic E-state index is -1.00. The third-order valence-electron chi connectivity index (χ3n) is 3.95. The van der Waals surface area contributed by atoms with E-state index in [0.29, 0.717) is 24.0 Å². The van der Waals surface area contributed by atoms with E-state index in [-0.39, 0.29) is 12.3 Å². The molecule has 0 radical (unpaired) electrons. The molecule has 0 aliphatic carbocycles. The number of benzene rings is 2. The average molecular weight is 378 g/mol. The van der Waals surface area contributed by atoms with E-state index in [9.17, 15) is 9.59 Å². The highest BCUT2D eigenvalue weighted by Crippen LogP contribution is 2.16. The SMILES string of the molecule is N=C(N)c1ccc(CCC#CNC(=O)NC(CC(=O)O)c2ccccc2)cc1. The van der Waals surface area contributed by atoms with Crippen LogP contribution in [-0.2, 0) is 11.2 Å². The molecule has 2 amide bonds. The van der Waals surface area contributed by atoms with Gasteiger partial charge in [-0.15, -0.1) is 0 Å². The minimum absolute atomic E-state index is 0.0262. The van der Waals surface area contributed by atoms with Gasteiger partial charge in [-0.2, -0.15) is 0 Å². The molecule has 28 heavy (non-hydrogen) atoms. The predicted octanol–water partition coefficient (Wildman–Crippen LogP) is 2.38. The molecule has 0 aromatic heterocycles. The first-order valence-electron chi connectivity index (χ1n) is 8.70. The van der Waals surface area contributed by atoms with Crippen LogP contribution in [0.3, 0.4) is 0 Å². The number of amidine groups is 1. The molecule has 6 N–H and O–H groups in total. The van der Waals surface area contributed by atoms with E-state index in [4.69, 9.17) is 16.2 Å². The van der Waals surface area contributed by atoms with Crippen molar-refractivity contribution in [1.82, 2.24) is 10.6 Å². The Bertz CT molecular complexity index is 883. The first-order valence-corrected chi connectivity index (χ1v) is 8.70. The maximum absolute atomic E-state index is 12.0. The minimum Gasteiger partial charge on any atom is -0.481 e. The summed E-state index contributed by atoms with van der Waals surface area (Å²) in [5.74, 6) is 1.87. The third kappa shape index (κ3) is 6.84. The van der Waals surface area contributed by atoms with Crippen molar-refractivity contribution in [2.75, 3.05) is 0 Å². The molecule has 0 fully saturated rings. The van der Waals surface area contributed by atoms with Gasteiger partial charge in [0.2, 0.25) is 0 Å². The predicted molar refractivity (Wildman–Crippen MR) is 107 cm³/mol. The van der Waals surface area contributed by atoms with Crippen LogP contribution in [0.15, 0.2) is 54.6 Å². The van der Waals surface area contributed by atoms with E-state index in [2.05, 4.69) is 22.6 Å². The fourth-order valence-corrected chi connectivity index (χ4v) is 2.53. The lowest BCUT2D eigenvalue weighted by atomic mass is 10.0. The smallest absolute Gasteiger partial charge is 0.326 e. The van der Waals surface area contributed by atoms with E-state index >= 15 is 0 Å². The number of nitrogens with one attached hydrogen (secondary N) is 3. The summed E-state index contributed by atoms with van der Waals surface area (Å²) in [7, 11) is 0. The standard InChI is InChI=1S/C21H22N4O3/c22-20(23)17-11-9-15(10-12-17)6-4-5-13-24-21(28)25-18(14-19(26)27)16-7-2-1-3-8-16/h1-3,7-12,18H,4,6,14H2,(H3,22,23)(H,26,27)(H2,24,25,28). The van der Waals surface area contributed by atoms with E-state index in [1.54, 1.807) is 36.4 Å². The maximum atomic E-state index is 12.0. The highest BCUT2D eigenvalue weighted by Gasteiger charge is 2.17. The van der Waals surface area contributed by atoms with Crippen LogP contribution in [-0.4, -0.2) is 22.9 Å². The molecule has 0 heterocycles. The van der Waals surface area contributed by atoms with Crippen LogP contribution in [0.1, 0.15) is 35.6 Å². The highest BCUT2D eigenvalue weighted by molar-refractivity contribution is 5.94. The van der Waals surface area contributed by atoms with Gasteiger partial charge >= 0.3 is 12.0 Å². The van der Waals surface area contributed by atoms with E-state index in [0.717, 1.165) is 5.56 Å². The van der Waals surface area contributed by atoms with Crippen LogP contribution in [0.25, 0.3) is 0 Å². The summed E-state index contributed by atoms with van der Waals surface area (Å²) in [6.45, 7) is 0. The zero-order valence-electron chi connectivity index (χ0n) is 15.2. The first-order chi connectivity index (χ1) is 13.5. The van der Waals surface area contributed by atoms with Crippen molar-refractivity contribution >= 4 is 17.8 Å². The molecule has 0 aliphatic rings. The van der Waals surface area contributed by atoms with Gasteiger partial charge in [-0.05, 0) is 17.5 Å². The molecule has 1 atom stereocenters. The number of amides is 2. The van der Waals surface area contributed by atoms with Gasteiger partial charge in [0.25, 0.3) is 0 Å². The van der Waals surface area contributed by atoms with Crippen molar-refractivity contribution in [2.24, 2.45) is 5.73 Å². The second-order valence-electron chi connectivity index (χ2n) is 6.07. The molecular formula is C21H22N4O3. The van der Waals surface area contributed by atoms with E-state index < -0.39 is 18.0 Å². The summed E-state index contributed by atoms with van der Waals surface area (Å²) < 4.78 is 0. The number of nitrogen functional groups attached to an aromatic ring is 1. The molecule has 7 nitrogen and oxygen atoms in total. The normalized spacial score (nSPS) is 10.9. The maximum Gasteiger partial charge on any atom is 0.326 e. The summed E-state index contributed by atoms with van der Waals surface area (Å²) in [4.78, 5) is 23.0. The second kappa shape index (κ2) is 10.4. The topological polar surface area (TPSA) is 128 Å². The van der Waals surface area contributed by atoms with Gasteiger partial charge in [-0.1, -0.05) is 60.5 Å². The number of carbonyl (C=O) groups excluding carboxylic acids is 1. The van der Waals surface area contributed by atoms with Gasteiger partial charge in [-0.25, -0.2) is 4.79 Å². The number of urea groups is 1. The van der Waals surface area contributed by atoms with Crippen molar-refractivity contribution < 1.29 is 14.7 Å². The fraction of sp³-hybridized carbons (Fsp3) is 0.190. The average Bonchev–Trinajstić information content (AvgIpc) is 2.68. The lowest BCUT2D eigenvalue weighted by Gasteiger charge is -2.16. The monoisotopic (exact) mass is 378 g/mol. The molecule has 2 rings (SSSR count). The molecule has 0 aliphatic heterocycles. The zero-order chi connectivity index (χ0) is 20.4. The van der Waals surface area contributed by atoms with Crippen molar-refractivity contribution in [3.8, 4) is 12.0 Å². The number of carboxylic acids is 1. The Balaban J connectivity index is 1.82. The van der Waals surface area contributed by atoms with Crippen LogP contribution in [0.5, 0.6) is 0 Å². The number of hydrogen-bond acceptors (Lipinski definition) is 3. The largest absolute Gasteiger partial charge is 0.481 e. The number of aryl methyl sites for hydroxylation is 1. The van der Waals surface area contributed by atoms with Gasteiger partial charge in [0.1, 0.15) is 5.84 Å². The Kier molecular flexibility index (Phi) is 7.61. The molecule has 2 aromatic carbocycles. The van der Waals surface area contributed by atoms with Crippen LogP contribution in [0.2, 0.25) is 0 Å².